The van der Waals surface area contributed by atoms with Gasteiger partial charge in [-0.05, 0) is 43.9 Å². The first-order valence-electron chi connectivity index (χ1n) is 6.84. The Morgan fingerprint density at radius 3 is 2.56 bits per heavy atom. The first-order chi connectivity index (χ1) is 7.83. The van der Waals surface area contributed by atoms with Gasteiger partial charge in [-0.15, -0.1) is 0 Å². The van der Waals surface area contributed by atoms with Gasteiger partial charge in [0.05, 0.1) is 0 Å². The van der Waals surface area contributed by atoms with Crippen LogP contribution in [0.25, 0.3) is 0 Å². The van der Waals surface area contributed by atoms with Crippen LogP contribution in [0.2, 0.25) is 0 Å². The van der Waals surface area contributed by atoms with Crippen LogP contribution in [0.15, 0.2) is 0 Å². The van der Waals surface area contributed by atoms with Gasteiger partial charge in [0.25, 0.3) is 0 Å². The van der Waals surface area contributed by atoms with Crippen LogP contribution in [0.3, 0.4) is 0 Å². The predicted octanol–water partition coefficient (Wildman–Crippen LogP) is 1.29. The second-order valence-corrected chi connectivity index (χ2v) is 5.80. The van der Waals surface area contributed by atoms with Gasteiger partial charge in [0, 0.05) is 25.0 Å². The van der Waals surface area contributed by atoms with Crippen molar-refractivity contribution in [2.75, 3.05) is 13.1 Å². The molecular formula is C13H22N2O. The SMILES string of the molecule is O=C(NCCNC1CC1)C1CC2CCC1C2. The zero-order valence-corrected chi connectivity index (χ0v) is 9.87. The first kappa shape index (κ1) is 10.6. The fourth-order valence-corrected chi connectivity index (χ4v) is 3.45. The number of carbonyl (C=O) groups excluding carboxylic acids is 1. The molecule has 0 saturated heterocycles. The lowest BCUT2D eigenvalue weighted by atomic mass is 9.88. The van der Waals surface area contributed by atoms with Crippen molar-refractivity contribution in [3.63, 3.8) is 0 Å². The van der Waals surface area contributed by atoms with Crippen molar-refractivity contribution >= 4 is 5.91 Å². The Balaban J connectivity index is 1.36. The quantitative estimate of drug-likeness (QED) is 0.688. The Bertz CT molecular complexity index is 275. The van der Waals surface area contributed by atoms with Crippen molar-refractivity contribution in [3.8, 4) is 0 Å². The molecule has 2 N–H and O–H groups in total. The molecule has 3 heteroatoms. The van der Waals surface area contributed by atoms with Crippen molar-refractivity contribution in [3.05, 3.63) is 0 Å². The van der Waals surface area contributed by atoms with Crippen molar-refractivity contribution in [2.24, 2.45) is 17.8 Å². The van der Waals surface area contributed by atoms with E-state index in [0.29, 0.717) is 17.7 Å². The van der Waals surface area contributed by atoms with E-state index >= 15 is 0 Å². The van der Waals surface area contributed by atoms with Crippen molar-refractivity contribution < 1.29 is 4.79 Å². The van der Waals surface area contributed by atoms with Gasteiger partial charge in [0.2, 0.25) is 5.91 Å². The van der Waals surface area contributed by atoms with E-state index in [1.807, 2.05) is 0 Å². The first-order valence-corrected chi connectivity index (χ1v) is 6.84. The number of hydrogen-bond acceptors (Lipinski definition) is 2. The summed E-state index contributed by atoms with van der Waals surface area (Å²) in [5.74, 6) is 2.25. The van der Waals surface area contributed by atoms with Crippen molar-refractivity contribution in [2.45, 2.75) is 44.6 Å². The summed E-state index contributed by atoms with van der Waals surface area (Å²) < 4.78 is 0. The third-order valence-corrected chi connectivity index (χ3v) is 4.51. The molecule has 0 aromatic heterocycles. The Morgan fingerprint density at radius 2 is 1.94 bits per heavy atom. The van der Waals surface area contributed by atoms with Gasteiger partial charge < -0.3 is 10.6 Å². The molecule has 0 aromatic rings. The standard InChI is InChI=1S/C13H22N2O/c16-13(15-6-5-14-11-3-4-11)12-8-9-1-2-10(12)7-9/h9-12,14H,1-8H2,(H,15,16). The summed E-state index contributed by atoms with van der Waals surface area (Å²) >= 11 is 0. The molecule has 3 unspecified atom stereocenters. The molecule has 1 amide bonds. The summed E-state index contributed by atoms with van der Waals surface area (Å²) in [4.78, 5) is 12.0. The summed E-state index contributed by atoms with van der Waals surface area (Å²) in [5.41, 5.74) is 0. The van der Waals surface area contributed by atoms with E-state index in [-0.39, 0.29) is 0 Å². The van der Waals surface area contributed by atoms with Gasteiger partial charge in [-0.1, -0.05) is 6.42 Å². The zero-order valence-electron chi connectivity index (χ0n) is 9.87. The fourth-order valence-electron chi connectivity index (χ4n) is 3.45. The van der Waals surface area contributed by atoms with Gasteiger partial charge in [-0.2, -0.15) is 0 Å². The molecule has 3 aliphatic rings. The van der Waals surface area contributed by atoms with Crippen LogP contribution >= 0.6 is 0 Å². The van der Waals surface area contributed by atoms with E-state index < -0.39 is 0 Å². The van der Waals surface area contributed by atoms with E-state index in [1.165, 1.54) is 32.1 Å². The molecule has 0 spiro atoms. The third kappa shape index (κ3) is 2.24. The minimum absolute atomic E-state index is 0.324. The van der Waals surface area contributed by atoms with Crippen LogP contribution in [0.5, 0.6) is 0 Å². The smallest absolute Gasteiger partial charge is 0.223 e. The molecule has 0 aromatic carbocycles. The maximum atomic E-state index is 12.0. The molecule has 3 aliphatic carbocycles. The number of carbonyl (C=O) groups is 1. The number of nitrogens with one attached hydrogen (secondary N) is 2. The van der Waals surface area contributed by atoms with Gasteiger partial charge in [-0.3, -0.25) is 4.79 Å². The maximum Gasteiger partial charge on any atom is 0.223 e. The van der Waals surface area contributed by atoms with Crippen LogP contribution in [-0.4, -0.2) is 25.0 Å². The lowest BCUT2D eigenvalue weighted by Crippen LogP contribution is -2.38. The maximum absolute atomic E-state index is 12.0. The predicted molar refractivity (Wildman–Crippen MR) is 63.0 cm³/mol. The van der Waals surface area contributed by atoms with Crippen molar-refractivity contribution in [1.29, 1.82) is 0 Å². The summed E-state index contributed by atoms with van der Waals surface area (Å²) in [6.45, 7) is 1.75. The normalized spacial score (nSPS) is 36.6. The van der Waals surface area contributed by atoms with Crippen LogP contribution < -0.4 is 10.6 Å². The minimum Gasteiger partial charge on any atom is -0.355 e. The lowest BCUT2D eigenvalue weighted by molar-refractivity contribution is -0.126. The Kier molecular flexibility index (Phi) is 2.88. The van der Waals surface area contributed by atoms with Crippen LogP contribution in [0.1, 0.15) is 38.5 Å². The summed E-state index contributed by atoms with van der Waals surface area (Å²) in [6.07, 6.45) is 7.78. The molecule has 16 heavy (non-hydrogen) atoms. The van der Waals surface area contributed by atoms with Crippen molar-refractivity contribution in [1.82, 2.24) is 10.6 Å². The van der Waals surface area contributed by atoms with Gasteiger partial charge >= 0.3 is 0 Å². The zero-order chi connectivity index (χ0) is 11.0. The van der Waals surface area contributed by atoms with Crippen LogP contribution in [0.4, 0.5) is 0 Å². The van der Waals surface area contributed by atoms with Gasteiger partial charge in [0.1, 0.15) is 0 Å². The number of fused-ring (bicyclic) bond motifs is 2. The Morgan fingerprint density at radius 1 is 1.06 bits per heavy atom. The average Bonchev–Trinajstić information content (AvgIpc) is 2.87. The van der Waals surface area contributed by atoms with E-state index in [2.05, 4.69) is 10.6 Å². The highest BCUT2D eigenvalue weighted by atomic mass is 16.1. The van der Waals surface area contributed by atoms with E-state index in [0.717, 1.165) is 31.5 Å². The molecule has 3 atom stereocenters. The average molecular weight is 222 g/mol. The molecule has 3 rings (SSSR count). The second kappa shape index (κ2) is 4.36. The molecular weight excluding hydrogens is 200 g/mol. The lowest BCUT2D eigenvalue weighted by Gasteiger charge is -2.20. The van der Waals surface area contributed by atoms with E-state index in [9.17, 15) is 4.79 Å². The second-order valence-electron chi connectivity index (χ2n) is 5.80. The Labute approximate surface area is 97.4 Å². The highest BCUT2D eigenvalue weighted by Crippen LogP contribution is 2.48. The molecule has 0 aliphatic heterocycles. The molecule has 0 heterocycles. The highest BCUT2D eigenvalue weighted by Gasteiger charge is 2.42. The number of amides is 1. The minimum atomic E-state index is 0.324. The Hall–Kier alpha value is -0.570. The summed E-state index contributed by atoms with van der Waals surface area (Å²) in [5, 5.41) is 6.51. The van der Waals surface area contributed by atoms with Crippen LogP contribution in [-0.2, 0) is 4.79 Å². The fraction of sp³-hybridized carbons (Fsp3) is 0.923. The molecule has 0 radical (unpaired) electrons. The van der Waals surface area contributed by atoms with Crippen LogP contribution in [0, 0.1) is 17.8 Å². The number of hydrogen-bond donors (Lipinski definition) is 2. The van der Waals surface area contributed by atoms with E-state index in [4.69, 9.17) is 0 Å². The van der Waals surface area contributed by atoms with E-state index in [1.54, 1.807) is 0 Å². The molecule has 3 nitrogen and oxygen atoms in total. The topological polar surface area (TPSA) is 41.1 Å². The summed E-state index contributed by atoms with van der Waals surface area (Å²) in [6, 6.07) is 0.749. The molecule has 90 valence electrons. The summed E-state index contributed by atoms with van der Waals surface area (Å²) in [7, 11) is 0. The largest absolute Gasteiger partial charge is 0.355 e. The number of rotatable bonds is 5. The highest BCUT2D eigenvalue weighted by molar-refractivity contribution is 5.79. The molecule has 3 fully saturated rings. The van der Waals surface area contributed by atoms with Gasteiger partial charge in [-0.25, -0.2) is 0 Å². The molecule has 2 bridgehead atoms. The third-order valence-electron chi connectivity index (χ3n) is 4.51. The monoisotopic (exact) mass is 222 g/mol. The van der Waals surface area contributed by atoms with Gasteiger partial charge in [0.15, 0.2) is 0 Å². The molecule has 3 saturated carbocycles.